The maximum absolute atomic E-state index is 9.17. The smallest absolute Gasteiger partial charge is 0.119 e. The molecule has 0 radical (unpaired) electrons. The molecule has 2 unspecified atom stereocenters. The lowest BCUT2D eigenvalue weighted by Gasteiger charge is -2.35. The first kappa shape index (κ1) is 14.8. The van der Waals surface area contributed by atoms with E-state index in [1.165, 1.54) is 0 Å². The first-order valence-electron chi connectivity index (χ1n) is 6.83. The minimum absolute atomic E-state index is 0.0529. The average molecular weight is 276 g/mol. The molecule has 1 aliphatic heterocycles. The van der Waals surface area contributed by atoms with Gasteiger partial charge in [-0.15, -0.1) is 0 Å². The SMILES string of the molecule is CC1CN(CCOc2ccc(C#N)cc2)CC(CO)O1. The summed E-state index contributed by atoms with van der Waals surface area (Å²) in [5, 5.41) is 17.9. The fourth-order valence-corrected chi connectivity index (χ4v) is 2.34. The fraction of sp³-hybridized carbons (Fsp3) is 0.533. The number of rotatable bonds is 5. The van der Waals surface area contributed by atoms with E-state index in [9.17, 15) is 5.11 Å². The molecule has 0 aliphatic carbocycles. The van der Waals surface area contributed by atoms with Crippen LogP contribution in [0.4, 0.5) is 0 Å². The van der Waals surface area contributed by atoms with Crippen molar-refractivity contribution in [3.63, 3.8) is 0 Å². The molecule has 1 saturated heterocycles. The Morgan fingerprint density at radius 3 is 2.80 bits per heavy atom. The highest BCUT2D eigenvalue weighted by Crippen LogP contribution is 2.13. The van der Waals surface area contributed by atoms with E-state index in [1.54, 1.807) is 24.3 Å². The predicted molar refractivity (Wildman–Crippen MR) is 74.5 cm³/mol. The molecule has 108 valence electrons. The van der Waals surface area contributed by atoms with E-state index >= 15 is 0 Å². The Hall–Kier alpha value is -1.61. The zero-order valence-electron chi connectivity index (χ0n) is 11.7. The van der Waals surface area contributed by atoms with Gasteiger partial charge < -0.3 is 14.6 Å². The predicted octanol–water partition coefficient (Wildman–Crippen LogP) is 1.02. The molecule has 5 nitrogen and oxygen atoms in total. The molecule has 1 N–H and O–H groups in total. The van der Waals surface area contributed by atoms with Crippen molar-refractivity contribution in [2.45, 2.75) is 19.1 Å². The number of nitriles is 1. The summed E-state index contributed by atoms with van der Waals surface area (Å²) in [5.74, 6) is 0.768. The molecule has 1 heterocycles. The van der Waals surface area contributed by atoms with Crippen LogP contribution in [0.1, 0.15) is 12.5 Å². The van der Waals surface area contributed by atoms with Crippen LogP contribution in [0, 0.1) is 11.3 Å². The van der Waals surface area contributed by atoms with Crippen molar-refractivity contribution in [1.29, 1.82) is 5.26 Å². The molecule has 1 aliphatic rings. The largest absolute Gasteiger partial charge is 0.492 e. The first-order chi connectivity index (χ1) is 9.71. The third-order valence-corrected chi connectivity index (χ3v) is 3.27. The van der Waals surface area contributed by atoms with Gasteiger partial charge >= 0.3 is 0 Å². The Bertz CT molecular complexity index is 455. The van der Waals surface area contributed by atoms with Crippen LogP contribution >= 0.6 is 0 Å². The Morgan fingerprint density at radius 2 is 2.15 bits per heavy atom. The number of morpholine rings is 1. The van der Waals surface area contributed by atoms with Gasteiger partial charge in [0.25, 0.3) is 0 Å². The van der Waals surface area contributed by atoms with Gasteiger partial charge in [0.15, 0.2) is 0 Å². The van der Waals surface area contributed by atoms with E-state index < -0.39 is 0 Å². The van der Waals surface area contributed by atoms with E-state index in [1.807, 2.05) is 6.92 Å². The molecule has 0 bridgehead atoms. The van der Waals surface area contributed by atoms with Crippen LogP contribution in [-0.4, -0.2) is 55.1 Å². The molecule has 2 atom stereocenters. The maximum atomic E-state index is 9.17. The third kappa shape index (κ3) is 4.20. The number of nitrogens with zero attached hydrogens (tertiary/aromatic N) is 2. The quantitative estimate of drug-likeness (QED) is 0.869. The van der Waals surface area contributed by atoms with Crippen molar-refractivity contribution < 1.29 is 14.6 Å². The minimum atomic E-state index is -0.103. The number of aliphatic hydroxyl groups is 1. The molecule has 2 rings (SSSR count). The van der Waals surface area contributed by atoms with Crippen molar-refractivity contribution in [3.8, 4) is 11.8 Å². The molecular weight excluding hydrogens is 256 g/mol. The van der Waals surface area contributed by atoms with Gasteiger partial charge in [-0.25, -0.2) is 0 Å². The van der Waals surface area contributed by atoms with Gasteiger partial charge in [0.1, 0.15) is 12.4 Å². The summed E-state index contributed by atoms with van der Waals surface area (Å²) in [5.41, 5.74) is 0.630. The van der Waals surface area contributed by atoms with E-state index in [2.05, 4.69) is 11.0 Å². The van der Waals surface area contributed by atoms with Crippen molar-refractivity contribution in [3.05, 3.63) is 29.8 Å². The summed E-state index contributed by atoms with van der Waals surface area (Å²) >= 11 is 0. The van der Waals surface area contributed by atoms with Gasteiger partial charge in [-0.1, -0.05) is 0 Å². The van der Waals surface area contributed by atoms with Crippen LogP contribution in [0.3, 0.4) is 0 Å². The molecule has 0 aromatic heterocycles. The van der Waals surface area contributed by atoms with Gasteiger partial charge in [0.2, 0.25) is 0 Å². The van der Waals surface area contributed by atoms with E-state index in [0.717, 1.165) is 25.4 Å². The third-order valence-electron chi connectivity index (χ3n) is 3.27. The number of hydrogen-bond acceptors (Lipinski definition) is 5. The molecule has 0 amide bonds. The normalized spacial score (nSPS) is 23.2. The second-order valence-corrected chi connectivity index (χ2v) is 5.00. The van der Waals surface area contributed by atoms with Gasteiger partial charge in [0, 0.05) is 19.6 Å². The molecule has 1 fully saturated rings. The van der Waals surface area contributed by atoms with Crippen LogP contribution in [-0.2, 0) is 4.74 Å². The lowest BCUT2D eigenvalue weighted by molar-refractivity contribution is -0.0965. The van der Waals surface area contributed by atoms with Crippen molar-refractivity contribution >= 4 is 0 Å². The van der Waals surface area contributed by atoms with E-state index in [0.29, 0.717) is 12.2 Å². The molecule has 0 spiro atoms. The topological polar surface area (TPSA) is 65.7 Å². The van der Waals surface area contributed by atoms with Crippen LogP contribution in [0.2, 0.25) is 0 Å². The molecule has 0 saturated carbocycles. The summed E-state index contributed by atoms with van der Waals surface area (Å²) in [6, 6.07) is 9.17. The van der Waals surface area contributed by atoms with Crippen molar-refractivity contribution in [1.82, 2.24) is 4.90 Å². The van der Waals surface area contributed by atoms with Gasteiger partial charge in [-0.3, -0.25) is 4.90 Å². The Kier molecular flexibility index (Phi) is 5.36. The van der Waals surface area contributed by atoms with E-state index in [-0.39, 0.29) is 18.8 Å². The molecule has 1 aromatic rings. The van der Waals surface area contributed by atoms with Crippen molar-refractivity contribution in [2.24, 2.45) is 0 Å². The van der Waals surface area contributed by atoms with Crippen LogP contribution in [0.5, 0.6) is 5.75 Å². The van der Waals surface area contributed by atoms with Gasteiger partial charge in [-0.2, -0.15) is 5.26 Å². The summed E-state index contributed by atoms with van der Waals surface area (Å²) in [7, 11) is 0. The molecular formula is C15H20N2O3. The Balaban J connectivity index is 1.76. The second kappa shape index (κ2) is 7.25. The van der Waals surface area contributed by atoms with Gasteiger partial charge in [-0.05, 0) is 31.2 Å². The van der Waals surface area contributed by atoms with E-state index in [4.69, 9.17) is 14.7 Å². The lowest BCUT2D eigenvalue weighted by atomic mass is 10.2. The van der Waals surface area contributed by atoms with Crippen LogP contribution in [0.25, 0.3) is 0 Å². The zero-order chi connectivity index (χ0) is 14.4. The molecule has 20 heavy (non-hydrogen) atoms. The lowest BCUT2D eigenvalue weighted by Crippen LogP contribution is -2.49. The average Bonchev–Trinajstić information content (AvgIpc) is 2.47. The highest BCUT2D eigenvalue weighted by Gasteiger charge is 2.24. The standard InChI is InChI=1S/C15H20N2O3/c1-12-9-17(10-15(11-18)20-12)6-7-19-14-4-2-13(8-16)3-5-14/h2-5,12,15,18H,6-7,9-11H2,1H3. The number of benzene rings is 1. The zero-order valence-corrected chi connectivity index (χ0v) is 11.7. The van der Waals surface area contributed by atoms with Crippen LogP contribution < -0.4 is 4.74 Å². The minimum Gasteiger partial charge on any atom is -0.492 e. The van der Waals surface area contributed by atoms with Crippen LogP contribution in [0.15, 0.2) is 24.3 Å². The summed E-state index contributed by atoms with van der Waals surface area (Å²) in [6.45, 7) is 5.03. The summed E-state index contributed by atoms with van der Waals surface area (Å²) in [6.07, 6.45) is 0.0319. The monoisotopic (exact) mass is 276 g/mol. The number of aliphatic hydroxyl groups excluding tert-OH is 1. The Labute approximate surface area is 119 Å². The van der Waals surface area contributed by atoms with Crippen molar-refractivity contribution in [2.75, 3.05) is 32.8 Å². The maximum Gasteiger partial charge on any atom is 0.119 e. The molecule has 5 heteroatoms. The second-order valence-electron chi connectivity index (χ2n) is 5.00. The van der Waals surface area contributed by atoms with Gasteiger partial charge in [0.05, 0.1) is 30.4 Å². The number of ether oxygens (including phenoxy) is 2. The summed E-state index contributed by atoms with van der Waals surface area (Å²) in [4.78, 5) is 2.23. The Morgan fingerprint density at radius 1 is 1.40 bits per heavy atom. The summed E-state index contributed by atoms with van der Waals surface area (Å²) < 4.78 is 11.3. The highest BCUT2D eigenvalue weighted by atomic mass is 16.5. The number of hydrogen-bond donors (Lipinski definition) is 1. The highest BCUT2D eigenvalue weighted by molar-refractivity contribution is 5.34. The fourth-order valence-electron chi connectivity index (χ4n) is 2.34. The molecule has 1 aromatic carbocycles. The first-order valence-corrected chi connectivity index (χ1v) is 6.83.